The molecule has 1 amide bonds. The van der Waals surface area contributed by atoms with Gasteiger partial charge in [0.1, 0.15) is 0 Å². The van der Waals surface area contributed by atoms with Gasteiger partial charge in [0.05, 0.1) is 16.9 Å². The molecule has 0 bridgehead atoms. The average molecular weight is 523 g/mol. The maximum Gasteiger partial charge on any atom is 0.344 e. The van der Waals surface area contributed by atoms with E-state index < -0.39 is 28.0 Å². The van der Waals surface area contributed by atoms with Gasteiger partial charge in [-0.05, 0) is 49.2 Å². The number of rotatable bonds is 9. The number of hydrogen-bond donors (Lipinski definition) is 2. The van der Waals surface area contributed by atoms with E-state index in [-0.39, 0.29) is 32.0 Å². The van der Waals surface area contributed by atoms with Crippen LogP contribution in [-0.2, 0) is 19.6 Å². The Hall–Kier alpha value is -2.93. The molecule has 0 saturated carbocycles. The van der Waals surface area contributed by atoms with E-state index in [2.05, 4.69) is 4.83 Å². The molecule has 0 radical (unpaired) electrons. The van der Waals surface area contributed by atoms with Gasteiger partial charge in [0, 0.05) is 0 Å². The van der Waals surface area contributed by atoms with Crippen molar-refractivity contribution in [2.45, 2.75) is 31.3 Å². The number of nitrogens with zero attached hydrogens (tertiary/aromatic N) is 1. The molecular formula is C22H22N2O7S3. The zero-order valence-corrected chi connectivity index (χ0v) is 20.9. The molecule has 3 rings (SSSR count). The molecule has 1 atom stereocenters. The van der Waals surface area contributed by atoms with Gasteiger partial charge in [0.2, 0.25) is 0 Å². The van der Waals surface area contributed by atoms with Crippen molar-refractivity contribution in [1.82, 2.24) is 9.84 Å². The highest BCUT2D eigenvalue weighted by molar-refractivity contribution is 8.26. The third-order valence-corrected chi connectivity index (χ3v) is 7.36. The summed E-state index contributed by atoms with van der Waals surface area (Å²) < 4.78 is 36.2. The third kappa shape index (κ3) is 5.76. The molecule has 0 spiro atoms. The van der Waals surface area contributed by atoms with E-state index in [1.54, 1.807) is 31.2 Å². The lowest BCUT2D eigenvalue weighted by Gasteiger charge is -2.16. The van der Waals surface area contributed by atoms with Crippen LogP contribution in [0.1, 0.15) is 24.5 Å². The molecule has 1 aliphatic rings. The number of aliphatic carboxylic acids is 1. The van der Waals surface area contributed by atoms with E-state index in [0.29, 0.717) is 5.56 Å². The summed E-state index contributed by atoms with van der Waals surface area (Å²) in [5.74, 6) is -1.19. The molecule has 1 aliphatic heterocycles. The number of sulfonamides is 1. The molecule has 2 aromatic carbocycles. The van der Waals surface area contributed by atoms with Gasteiger partial charge < -0.3 is 14.6 Å². The topological polar surface area (TPSA) is 122 Å². The second-order valence-corrected chi connectivity index (χ2v) is 10.5. The molecule has 2 N–H and O–H groups in total. The molecule has 180 valence electrons. The van der Waals surface area contributed by atoms with Gasteiger partial charge in [-0.25, -0.2) is 18.2 Å². The van der Waals surface area contributed by atoms with Crippen LogP contribution in [0.4, 0.5) is 0 Å². The van der Waals surface area contributed by atoms with Crippen LogP contribution in [0.5, 0.6) is 11.5 Å². The van der Waals surface area contributed by atoms with Crippen LogP contribution in [0.15, 0.2) is 52.3 Å². The first kappa shape index (κ1) is 25.7. The van der Waals surface area contributed by atoms with Gasteiger partial charge in [-0.3, -0.25) is 4.79 Å². The summed E-state index contributed by atoms with van der Waals surface area (Å²) in [4.78, 5) is 26.5. The van der Waals surface area contributed by atoms with Gasteiger partial charge in [-0.1, -0.05) is 54.7 Å². The van der Waals surface area contributed by atoms with Crippen molar-refractivity contribution in [1.29, 1.82) is 0 Å². The third-order valence-electron chi connectivity index (χ3n) is 4.74. The lowest BCUT2D eigenvalue weighted by atomic mass is 10.1. The summed E-state index contributed by atoms with van der Waals surface area (Å²) >= 11 is 6.15. The number of ether oxygens (including phenoxy) is 2. The number of aryl methyl sites for hydroxylation is 1. The van der Waals surface area contributed by atoms with E-state index in [0.717, 1.165) is 22.3 Å². The molecule has 1 heterocycles. The number of carbonyl (C=O) groups is 2. The Morgan fingerprint density at radius 2 is 1.91 bits per heavy atom. The molecule has 2 aromatic rings. The van der Waals surface area contributed by atoms with Crippen LogP contribution in [0, 0.1) is 6.92 Å². The zero-order chi connectivity index (χ0) is 25.0. The van der Waals surface area contributed by atoms with E-state index in [4.69, 9.17) is 21.7 Å². The number of carboxylic acid groups (broad SMARTS) is 1. The van der Waals surface area contributed by atoms with Crippen LogP contribution >= 0.6 is 24.0 Å². The largest absolute Gasteiger partial charge is 0.493 e. The number of thioether (sulfide) groups is 1. The lowest BCUT2D eigenvalue weighted by Crippen LogP contribution is -2.44. The highest BCUT2D eigenvalue weighted by Gasteiger charge is 2.35. The van der Waals surface area contributed by atoms with E-state index in [9.17, 15) is 23.1 Å². The number of hydrazine groups is 1. The number of benzene rings is 2. The number of nitrogens with one attached hydrogen (secondary N) is 1. The highest BCUT2D eigenvalue weighted by atomic mass is 32.2. The molecule has 1 saturated heterocycles. The van der Waals surface area contributed by atoms with E-state index >= 15 is 0 Å². The Bertz CT molecular complexity index is 1260. The van der Waals surface area contributed by atoms with Gasteiger partial charge in [0.15, 0.2) is 21.9 Å². The summed E-state index contributed by atoms with van der Waals surface area (Å²) in [6.07, 6.45) is 0.763. The normalized spacial score (nSPS) is 16.1. The first-order valence-corrected chi connectivity index (χ1v) is 12.7. The summed E-state index contributed by atoms with van der Waals surface area (Å²) in [5, 5.41) is 10.0. The Balaban J connectivity index is 1.81. The Kier molecular flexibility index (Phi) is 7.97. The quantitative estimate of drug-likeness (QED) is 0.377. The van der Waals surface area contributed by atoms with Crippen LogP contribution < -0.4 is 14.3 Å². The predicted octanol–water partition coefficient (Wildman–Crippen LogP) is 3.34. The van der Waals surface area contributed by atoms with E-state index in [1.165, 1.54) is 31.4 Å². The number of carboxylic acids is 1. The number of thiocarbonyl (C=S) groups is 1. The van der Waals surface area contributed by atoms with Crippen molar-refractivity contribution in [3.63, 3.8) is 0 Å². The molecule has 0 aliphatic carbocycles. The maximum absolute atomic E-state index is 12.9. The summed E-state index contributed by atoms with van der Waals surface area (Å²) in [6.45, 7) is 3.52. The lowest BCUT2D eigenvalue weighted by molar-refractivity contribution is -0.145. The van der Waals surface area contributed by atoms with Gasteiger partial charge in [0.25, 0.3) is 15.9 Å². The minimum absolute atomic E-state index is 0.00296. The second kappa shape index (κ2) is 10.6. The zero-order valence-electron chi connectivity index (χ0n) is 18.5. The standard InChI is InChI=1S/C22H22N2O7S3/c1-4-16(21(26)27)31-17-10-7-14(11-18(17)30-3)12-19-20(25)24(22(32)33-19)23-34(28,29)15-8-5-13(2)6-9-15/h5-12,16,23H,4H2,1-3H3,(H,26,27)/b19-12+. The van der Waals surface area contributed by atoms with Crippen molar-refractivity contribution >= 4 is 56.3 Å². The number of hydrogen-bond acceptors (Lipinski definition) is 8. The van der Waals surface area contributed by atoms with Crippen molar-refractivity contribution in [2.75, 3.05) is 7.11 Å². The van der Waals surface area contributed by atoms with Gasteiger partial charge >= 0.3 is 5.97 Å². The number of carbonyl (C=O) groups excluding carboxylic acids is 1. The first-order valence-electron chi connectivity index (χ1n) is 10.00. The van der Waals surface area contributed by atoms with Crippen molar-refractivity contribution in [3.05, 3.63) is 58.5 Å². The minimum atomic E-state index is -4.02. The van der Waals surface area contributed by atoms with Crippen molar-refractivity contribution in [3.8, 4) is 11.5 Å². The molecule has 9 nitrogen and oxygen atoms in total. The monoisotopic (exact) mass is 522 g/mol. The smallest absolute Gasteiger partial charge is 0.344 e. The average Bonchev–Trinajstić information content (AvgIpc) is 3.05. The van der Waals surface area contributed by atoms with Crippen LogP contribution in [0.2, 0.25) is 0 Å². The van der Waals surface area contributed by atoms with Gasteiger partial charge in [-0.2, -0.15) is 0 Å². The summed E-state index contributed by atoms with van der Waals surface area (Å²) in [6, 6.07) is 10.9. The molecule has 12 heteroatoms. The SMILES string of the molecule is CCC(Oc1ccc(/C=C2/SC(=S)N(NS(=O)(=O)c3ccc(C)cc3)C2=O)cc1OC)C(=O)O. The highest BCUT2D eigenvalue weighted by Crippen LogP contribution is 2.35. The minimum Gasteiger partial charge on any atom is -0.493 e. The molecule has 34 heavy (non-hydrogen) atoms. The fourth-order valence-electron chi connectivity index (χ4n) is 2.92. The molecule has 1 fully saturated rings. The van der Waals surface area contributed by atoms with Crippen LogP contribution in [0.25, 0.3) is 6.08 Å². The van der Waals surface area contributed by atoms with Crippen molar-refractivity contribution < 1.29 is 32.6 Å². The number of methoxy groups -OCH3 is 1. The molecular weight excluding hydrogens is 500 g/mol. The second-order valence-electron chi connectivity index (χ2n) is 7.19. The first-order chi connectivity index (χ1) is 16.1. The van der Waals surface area contributed by atoms with Crippen LogP contribution in [0.3, 0.4) is 0 Å². The van der Waals surface area contributed by atoms with Gasteiger partial charge in [-0.15, -0.1) is 4.83 Å². The van der Waals surface area contributed by atoms with Crippen molar-refractivity contribution in [2.24, 2.45) is 0 Å². The fourth-order valence-corrected chi connectivity index (χ4v) is 5.23. The Morgan fingerprint density at radius 3 is 2.50 bits per heavy atom. The maximum atomic E-state index is 12.9. The predicted molar refractivity (Wildman–Crippen MR) is 132 cm³/mol. The molecule has 0 aromatic heterocycles. The Morgan fingerprint density at radius 1 is 1.24 bits per heavy atom. The fraction of sp³-hybridized carbons (Fsp3) is 0.227. The molecule has 1 unspecified atom stereocenters. The van der Waals surface area contributed by atoms with Crippen LogP contribution in [-0.4, -0.2) is 47.9 Å². The number of amides is 1. The summed E-state index contributed by atoms with van der Waals surface area (Å²) in [5.41, 5.74) is 1.45. The Labute approximate surface area is 206 Å². The van der Waals surface area contributed by atoms with E-state index in [1.807, 2.05) is 6.92 Å². The summed E-state index contributed by atoms with van der Waals surface area (Å²) in [7, 11) is -2.61.